The number of nitrogens with one attached hydrogen (secondary N) is 1. The fourth-order valence-electron chi connectivity index (χ4n) is 0.519. The summed E-state index contributed by atoms with van der Waals surface area (Å²) in [5, 5.41) is 3.81. The van der Waals surface area contributed by atoms with Crippen molar-refractivity contribution < 1.29 is 0 Å². The molecule has 0 unspecified atom stereocenters. The first kappa shape index (κ1) is 10.3. The van der Waals surface area contributed by atoms with Crippen molar-refractivity contribution >= 4 is 23.2 Å². The quantitative estimate of drug-likeness (QED) is 0.704. The van der Waals surface area contributed by atoms with E-state index in [9.17, 15) is 0 Å². The molecule has 0 rings (SSSR count). The smallest absolute Gasteiger partial charge is 0.0431 e. The van der Waals surface area contributed by atoms with E-state index in [1.165, 1.54) is 5.54 Å². The third-order valence-corrected chi connectivity index (χ3v) is 1.58. The van der Waals surface area contributed by atoms with Gasteiger partial charge in [0.15, 0.2) is 0 Å². The summed E-state index contributed by atoms with van der Waals surface area (Å²) in [6, 6.07) is 0. The van der Waals surface area contributed by atoms with Crippen molar-refractivity contribution in [1.29, 1.82) is 0 Å². The van der Waals surface area contributed by atoms with E-state index in [-0.39, 0.29) is 0 Å². The van der Waals surface area contributed by atoms with Crippen LogP contribution in [0.2, 0.25) is 0 Å². The second-order valence-corrected chi connectivity index (χ2v) is 3.28. The van der Waals surface area contributed by atoms with Crippen LogP contribution in [0.3, 0.4) is 0 Å². The van der Waals surface area contributed by atoms with E-state index in [4.69, 9.17) is 23.2 Å². The average Bonchev–Trinajstić information content (AvgIpc) is 1.87. The lowest BCUT2D eigenvalue weighted by Crippen LogP contribution is -2.20. The first-order valence-electron chi connectivity index (χ1n) is 3.32. The van der Waals surface area contributed by atoms with Gasteiger partial charge in [0.2, 0.25) is 0 Å². The van der Waals surface area contributed by atoms with E-state index >= 15 is 0 Å². The van der Waals surface area contributed by atoms with Crippen LogP contribution in [0, 0.1) is 5.92 Å². The van der Waals surface area contributed by atoms with E-state index in [2.05, 4.69) is 19.2 Å². The molecule has 0 aromatic carbocycles. The van der Waals surface area contributed by atoms with Crippen LogP contribution in [-0.4, -0.2) is 13.1 Å². The molecule has 0 aromatic rings. The molecule has 0 saturated heterocycles. The third kappa shape index (κ3) is 6.40. The monoisotopic (exact) mass is 181 g/mol. The highest BCUT2D eigenvalue weighted by Gasteiger charge is 1.93. The summed E-state index contributed by atoms with van der Waals surface area (Å²) < 4.78 is 0. The van der Waals surface area contributed by atoms with Gasteiger partial charge in [-0.05, 0) is 12.5 Å². The van der Waals surface area contributed by atoms with Gasteiger partial charge in [-0.25, -0.2) is 0 Å². The van der Waals surface area contributed by atoms with Gasteiger partial charge in [0.25, 0.3) is 0 Å². The molecule has 3 heteroatoms. The molecule has 0 bridgehead atoms. The predicted octanol–water partition coefficient (Wildman–Crippen LogP) is 2.55. The first-order chi connectivity index (χ1) is 4.66. The van der Waals surface area contributed by atoms with Crippen LogP contribution < -0.4 is 5.32 Å². The van der Waals surface area contributed by atoms with E-state index < -0.39 is 0 Å². The van der Waals surface area contributed by atoms with Crippen LogP contribution in [0.1, 0.15) is 13.8 Å². The maximum Gasteiger partial charge on any atom is 0.0431 e. The summed E-state index contributed by atoms with van der Waals surface area (Å²) in [5.41, 5.74) is 1.38. The minimum Gasteiger partial charge on any atom is -0.311 e. The molecule has 60 valence electrons. The van der Waals surface area contributed by atoms with Gasteiger partial charge >= 0.3 is 0 Å². The standard InChI is InChI=1S/C7H13Cl2N/c1-6(2)4-10-5-7(9)3-8/h3,6,10H,4-5H2,1-2H3/b7-3-. The van der Waals surface area contributed by atoms with Gasteiger partial charge in [0.1, 0.15) is 0 Å². The molecule has 1 N–H and O–H groups in total. The molecule has 0 saturated carbocycles. The van der Waals surface area contributed by atoms with Crippen molar-refractivity contribution in [3.63, 3.8) is 0 Å². The summed E-state index contributed by atoms with van der Waals surface area (Å²) in [4.78, 5) is 0. The van der Waals surface area contributed by atoms with E-state index in [1.807, 2.05) is 0 Å². The van der Waals surface area contributed by atoms with Crippen LogP contribution in [0.15, 0.2) is 10.6 Å². The molecule has 0 aliphatic heterocycles. The molecule has 0 heterocycles. The molecule has 0 atom stereocenters. The van der Waals surface area contributed by atoms with Crippen molar-refractivity contribution in [2.24, 2.45) is 5.92 Å². The molecule has 0 aliphatic carbocycles. The molecule has 0 fully saturated rings. The SMILES string of the molecule is CC(C)CNC/C(Cl)=C/Cl. The average molecular weight is 182 g/mol. The highest BCUT2D eigenvalue weighted by Crippen LogP contribution is 2.00. The minimum absolute atomic E-state index is 0.653. The van der Waals surface area contributed by atoms with Crippen molar-refractivity contribution in [1.82, 2.24) is 5.32 Å². The topological polar surface area (TPSA) is 12.0 Å². The van der Waals surface area contributed by atoms with Crippen molar-refractivity contribution in [2.45, 2.75) is 13.8 Å². The highest BCUT2D eigenvalue weighted by atomic mass is 35.5. The molecule has 0 spiro atoms. The Morgan fingerprint density at radius 3 is 2.60 bits per heavy atom. The van der Waals surface area contributed by atoms with Gasteiger partial charge in [0, 0.05) is 17.1 Å². The van der Waals surface area contributed by atoms with E-state index in [0.717, 1.165) is 6.54 Å². The lowest BCUT2D eigenvalue weighted by Gasteiger charge is -2.04. The van der Waals surface area contributed by atoms with Crippen LogP contribution in [-0.2, 0) is 0 Å². The molecule has 1 nitrogen and oxygen atoms in total. The van der Waals surface area contributed by atoms with Crippen LogP contribution >= 0.6 is 23.2 Å². The Balaban J connectivity index is 3.20. The Labute approximate surface area is 72.4 Å². The largest absolute Gasteiger partial charge is 0.311 e. The maximum absolute atomic E-state index is 5.62. The van der Waals surface area contributed by atoms with E-state index in [1.54, 1.807) is 0 Å². The van der Waals surface area contributed by atoms with Gasteiger partial charge in [0.05, 0.1) is 0 Å². The van der Waals surface area contributed by atoms with Crippen molar-refractivity contribution in [3.8, 4) is 0 Å². The van der Waals surface area contributed by atoms with Crippen LogP contribution in [0.4, 0.5) is 0 Å². The van der Waals surface area contributed by atoms with Crippen LogP contribution in [0.5, 0.6) is 0 Å². The Morgan fingerprint density at radius 1 is 1.60 bits per heavy atom. The van der Waals surface area contributed by atoms with Gasteiger partial charge in [-0.3, -0.25) is 0 Å². The number of halogens is 2. The number of hydrogen-bond donors (Lipinski definition) is 1. The third-order valence-electron chi connectivity index (χ3n) is 0.965. The number of rotatable bonds is 4. The number of hydrogen-bond acceptors (Lipinski definition) is 1. The predicted molar refractivity (Wildman–Crippen MR) is 47.5 cm³/mol. The first-order valence-corrected chi connectivity index (χ1v) is 4.13. The van der Waals surface area contributed by atoms with Gasteiger partial charge < -0.3 is 5.32 Å². The maximum atomic E-state index is 5.62. The zero-order valence-corrected chi connectivity index (χ0v) is 7.84. The normalized spacial score (nSPS) is 12.7. The molecule has 0 amide bonds. The molecule has 0 radical (unpaired) electrons. The Bertz CT molecular complexity index is 110. The minimum atomic E-state index is 0.653. The Hall–Kier alpha value is 0.280. The fourth-order valence-corrected chi connectivity index (χ4v) is 0.690. The molecular formula is C7H13Cl2N. The summed E-state index contributed by atoms with van der Waals surface area (Å²) in [7, 11) is 0. The summed E-state index contributed by atoms with van der Waals surface area (Å²) in [6.45, 7) is 5.93. The second-order valence-electron chi connectivity index (χ2n) is 2.58. The Morgan fingerprint density at radius 2 is 2.20 bits per heavy atom. The van der Waals surface area contributed by atoms with Gasteiger partial charge in [-0.2, -0.15) is 0 Å². The summed E-state index contributed by atoms with van der Waals surface area (Å²) in [6.07, 6.45) is 0. The van der Waals surface area contributed by atoms with E-state index in [0.29, 0.717) is 17.5 Å². The van der Waals surface area contributed by atoms with Crippen molar-refractivity contribution in [3.05, 3.63) is 10.6 Å². The fraction of sp³-hybridized carbons (Fsp3) is 0.714. The molecule has 10 heavy (non-hydrogen) atoms. The summed E-state index contributed by atoms with van der Waals surface area (Å²) in [5.74, 6) is 0.653. The van der Waals surface area contributed by atoms with Crippen LogP contribution in [0.25, 0.3) is 0 Å². The molecule has 0 aliphatic rings. The highest BCUT2D eigenvalue weighted by molar-refractivity contribution is 6.36. The lowest BCUT2D eigenvalue weighted by atomic mass is 10.2. The molecular weight excluding hydrogens is 169 g/mol. The lowest BCUT2D eigenvalue weighted by molar-refractivity contribution is 0.575. The summed E-state index contributed by atoms with van der Waals surface area (Å²) >= 11 is 10.9. The van der Waals surface area contributed by atoms with Gasteiger partial charge in [-0.15, -0.1) is 0 Å². The zero-order valence-electron chi connectivity index (χ0n) is 6.32. The van der Waals surface area contributed by atoms with Crippen molar-refractivity contribution in [2.75, 3.05) is 13.1 Å². The second kappa shape index (κ2) is 6.02. The van der Waals surface area contributed by atoms with Gasteiger partial charge in [-0.1, -0.05) is 37.0 Å². The zero-order chi connectivity index (χ0) is 7.98. The Kier molecular flexibility index (Phi) is 6.19. The molecule has 0 aromatic heterocycles.